The van der Waals surface area contributed by atoms with E-state index in [-0.39, 0.29) is 12.3 Å². The van der Waals surface area contributed by atoms with Gasteiger partial charge < -0.3 is 9.15 Å². The van der Waals surface area contributed by atoms with Crippen molar-refractivity contribution in [3.8, 4) is 11.3 Å². The molecule has 6 heteroatoms. The van der Waals surface area contributed by atoms with Crippen molar-refractivity contribution in [3.05, 3.63) is 51.8 Å². The Labute approximate surface area is 115 Å². The van der Waals surface area contributed by atoms with E-state index in [1.165, 1.54) is 12.1 Å². The molecule has 104 valence electrons. The Hall–Kier alpha value is -2.63. The Morgan fingerprint density at radius 3 is 2.55 bits per heavy atom. The van der Waals surface area contributed by atoms with Crippen LogP contribution in [0.4, 0.5) is 5.69 Å². The number of nitrogens with zero attached hydrogens (tertiary/aromatic N) is 1. The third-order valence-corrected chi connectivity index (χ3v) is 2.69. The van der Waals surface area contributed by atoms with Crippen molar-refractivity contribution in [2.24, 2.45) is 0 Å². The van der Waals surface area contributed by atoms with Gasteiger partial charge in [0, 0.05) is 17.7 Å². The first-order chi connectivity index (χ1) is 9.52. The number of rotatable bonds is 4. The minimum atomic E-state index is -0.483. The number of carbonyl (C=O) groups excluding carboxylic acids is 1. The molecule has 0 fully saturated rings. The van der Waals surface area contributed by atoms with E-state index in [0.29, 0.717) is 22.6 Å². The third kappa shape index (κ3) is 2.69. The zero-order chi connectivity index (χ0) is 14.7. The predicted molar refractivity (Wildman–Crippen MR) is 71.5 cm³/mol. The number of non-ortho nitro benzene ring substituents is 1. The number of aryl methyl sites for hydroxylation is 1. The SMILES string of the molecule is CCOC(=O)c1cc(C)oc1-c1ccc([N+](=O)[O-])cc1. The van der Waals surface area contributed by atoms with Gasteiger partial charge in [0.15, 0.2) is 0 Å². The number of nitro benzene ring substituents is 1. The predicted octanol–water partition coefficient (Wildman–Crippen LogP) is 3.34. The molecule has 1 aromatic heterocycles. The Balaban J connectivity index is 2.41. The van der Waals surface area contributed by atoms with E-state index in [2.05, 4.69) is 0 Å². The summed E-state index contributed by atoms with van der Waals surface area (Å²) in [5.41, 5.74) is 0.889. The van der Waals surface area contributed by atoms with Crippen LogP contribution in [-0.4, -0.2) is 17.5 Å². The topological polar surface area (TPSA) is 82.6 Å². The standard InChI is InChI=1S/C14H13NO5/c1-3-19-14(16)12-8-9(2)20-13(12)10-4-6-11(7-5-10)15(17)18/h4-8H,3H2,1-2H3. The van der Waals surface area contributed by atoms with Gasteiger partial charge in [0.05, 0.1) is 11.5 Å². The minimum Gasteiger partial charge on any atom is -0.462 e. The summed E-state index contributed by atoms with van der Waals surface area (Å²) in [5.74, 6) is 0.454. The lowest BCUT2D eigenvalue weighted by molar-refractivity contribution is -0.384. The summed E-state index contributed by atoms with van der Waals surface area (Å²) in [5, 5.41) is 10.6. The fourth-order valence-electron chi connectivity index (χ4n) is 1.82. The summed E-state index contributed by atoms with van der Waals surface area (Å²) in [6.45, 7) is 3.71. The fraction of sp³-hybridized carbons (Fsp3) is 0.214. The molecule has 0 amide bonds. The largest absolute Gasteiger partial charge is 0.462 e. The molecule has 2 aromatic rings. The molecule has 0 bridgehead atoms. The Kier molecular flexibility index (Phi) is 3.84. The molecule has 0 aliphatic carbocycles. The summed E-state index contributed by atoms with van der Waals surface area (Å²) < 4.78 is 10.5. The first-order valence-corrected chi connectivity index (χ1v) is 6.05. The van der Waals surface area contributed by atoms with Crippen molar-refractivity contribution < 1.29 is 18.9 Å². The zero-order valence-corrected chi connectivity index (χ0v) is 11.1. The van der Waals surface area contributed by atoms with E-state index < -0.39 is 10.9 Å². The van der Waals surface area contributed by atoms with E-state index in [9.17, 15) is 14.9 Å². The van der Waals surface area contributed by atoms with Gasteiger partial charge in [0.25, 0.3) is 5.69 Å². The third-order valence-electron chi connectivity index (χ3n) is 2.69. The number of furan rings is 1. The van der Waals surface area contributed by atoms with Crippen molar-refractivity contribution in [1.29, 1.82) is 0 Å². The van der Waals surface area contributed by atoms with Gasteiger partial charge in [0.2, 0.25) is 0 Å². The van der Waals surface area contributed by atoms with Crippen LogP contribution in [0.5, 0.6) is 0 Å². The van der Waals surface area contributed by atoms with Gasteiger partial charge in [-0.25, -0.2) is 4.79 Å². The van der Waals surface area contributed by atoms with Gasteiger partial charge in [-0.1, -0.05) is 0 Å². The van der Waals surface area contributed by atoms with Crippen LogP contribution in [0.25, 0.3) is 11.3 Å². The molecule has 0 atom stereocenters. The minimum absolute atomic E-state index is 0.0188. The molecular weight excluding hydrogens is 262 g/mol. The van der Waals surface area contributed by atoms with Crippen LogP contribution in [0.15, 0.2) is 34.7 Å². The highest BCUT2D eigenvalue weighted by atomic mass is 16.6. The van der Waals surface area contributed by atoms with Crippen LogP contribution in [0, 0.1) is 17.0 Å². The van der Waals surface area contributed by atoms with Gasteiger partial charge in [-0.15, -0.1) is 0 Å². The molecule has 0 saturated heterocycles. The van der Waals surface area contributed by atoms with Crippen LogP contribution in [-0.2, 0) is 4.74 Å². The van der Waals surface area contributed by atoms with E-state index in [0.717, 1.165) is 0 Å². The molecule has 1 heterocycles. The molecule has 0 unspecified atom stereocenters. The average Bonchev–Trinajstić information content (AvgIpc) is 2.81. The average molecular weight is 275 g/mol. The molecule has 6 nitrogen and oxygen atoms in total. The smallest absolute Gasteiger partial charge is 0.342 e. The van der Waals surface area contributed by atoms with E-state index >= 15 is 0 Å². The summed E-state index contributed by atoms with van der Waals surface area (Å²) in [7, 11) is 0. The molecule has 0 aliphatic heterocycles. The van der Waals surface area contributed by atoms with Gasteiger partial charge in [-0.05, 0) is 32.0 Å². The second-order valence-electron chi connectivity index (χ2n) is 4.12. The molecular formula is C14H13NO5. The van der Waals surface area contributed by atoms with Crippen molar-refractivity contribution >= 4 is 11.7 Å². The highest BCUT2D eigenvalue weighted by Crippen LogP contribution is 2.29. The van der Waals surface area contributed by atoms with Gasteiger partial charge in [0.1, 0.15) is 17.1 Å². The molecule has 0 radical (unpaired) electrons. The molecule has 20 heavy (non-hydrogen) atoms. The molecule has 2 rings (SSSR count). The fourth-order valence-corrected chi connectivity index (χ4v) is 1.82. The summed E-state index contributed by atoms with van der Waals surface area (Å²) in [4.78, 5) is 22.0. The number of hydrogen-bond donors (Lipinski definition) is 0. The quantitative estimate of drug-likeness (QED) is 0.485. The van der Waals surface area contributed by atoms with Crippen molar-refractivity contribution in [1.82, 2.24) is 0 Å². The van der Waals surface area contributed by atoms with Crippen LogP contribution in [0.1, 0.15) is 23.0 Å². The molecule has 1 aromatic carbocycles. The number of benzene rings is 1. The maximum Gasteiger partial charge on any atom is 0.342 e. The second-order valence-corrected chi connectivity index (χ2v) is 4.12. The molecule has 0 spiro atoms. The second kappa shape index (κ2) is 5.56. The first kappa shape index (κ1) is 13.8. The zero-order valence-electron chi connectivity index (χ0n) is 11.1. The highest BCUT2D eigenvalue weighted by Gasteiger charge is 2.19. The van der Waals surface area contributed by atoms with E-state index in [1.54, 1.807) is 32.0 Å². The van der Waals surface area contributed by atoms with Crippen LogP contribution in [0.2, 0.25) is 0 Å². The van der Waals surface area contributed by atoms with Crippen LogP contribution in [0.3, 0.4) is 0 Å². The number of ether oxygens (including phenoxy) is 1. The van der Waals surface area contributed by atoms with Crippen molar-refractivity contribution in [3.63, 3.8) is 0 Å². The van der Waals surface area contributed by atoms with Gasteiger partial charge in [-0.3, -0.25) is 10.1 Å². The van der Waals surface area contributed by atoms with Gasteiger partial charge in [-0.2, -0.15) is 0 Å². The number of esters is 1. The highest BCUT2D eigenvalue weighted by molar-refractivity contribution is 5.96. The van der Waals surface area contributed by atoms with Crippen LogP contribution < -0.4 is 0 Å². The lowest BCUT2D eigenvalue weighted by atomic mass is 10.1. The Morgan fingerprint density at radius 2 is 2.00 bits per heavy atom. The molecule has 0 saturated carbocycles. The van der Waals surface area contributed by atoms with Gasteiger partial charge >= 0.3 is 5.97 Å². The van der Waals surface area contributed by atoms with Crippen molar-refractivity contribution in [2.75, 3.05) is 6.61 Å². The number of nitro groups is 1. The Morgan fingerprint density at radius 1 is 1.35 bits per heavy atom. The summed E-state index contributed by atoms with van der Waals surface area (Å²) >= 11 is 0. The summed E-state index contributed by atoms with van der Waals surface area (Å²) in [6.07, 6.45) is 0. The molecule has 0 N–H and O–H groups in total. The lowest BCUT2D eigenvalue weighted by Crippen LogP contribution is -2.04. The number of carbonyl (C=O) groups is 1. The first-order valence-electron chi connectivity index (χ1n) is 6.05. The maximum absolute atomic E-state index is 11.8. The van der Waals surface area contributed by atoms with Crippen molar-refractivity contribution in [2.45, 2.75) is 13.8 Å². The summed E-state index contributed by atoms with van der Waals surface area (Å²) in [6, 6.07) is 7.40. The maximum atomic E-state index is 11.8. The lowest BCUT2D eigenvalue weighted by Gasteiger charge is -2.02. The molecule has 0 aliphatic rings. The number of hydrogen-bond acceptors (Lipinski definition) is 5. The Bertz CT molecular complexity index is 642. The normalized spacial score (nSPS) is 10.3. The van der Waals surface area contributed by atoms with E-state index in [4.69, 9.17) is 9.15 Å². The van der Waals surface area contributed by atoms with E-state index in [1.807, 2.05) is 0 Å². The monoisotopic (exact) mass is 275 g/mol. The van der Waals surface area contributed by atoms with Crippen LogP contribution >= 0.6 is 0 Å².